The number of fused-ring (bicyclic) bond motifs is 1. The van der Waals surface area contributed by atoms with Crippen LogP contribution in [0.3, 0.4) is 0 Å². The number of carbonyl (C=O) groups excluding carboxylic acids is 1. The van der Waals surface area contributed by atoms with Gasteiger partial charge in [-0.25, -0.2) is 26.7 Å². The van der Waals surface area contributed by atoms with Crippen molar-refractivity contribution in [3.05, 3.63) is 18.3 Å². The Morgan fingerprint density at radius 1 is 1.28 bits per heavy atom. The van der Waals surface area contributed by atoms with Gasteiger partial charge in [-0.05, 0) is 36.7 Å². The van der Waals surface area contributed by atoms with Crippen LogP contribution in [0, 0.1) is 22.1 Å². The number of benzene rings is 1. The van der Waals surface area contributed by atoms with E-state index >= 15 is 0 Å². The van der Waals surface area contributed by atoms with Crippen LogP contribution in [0.1, 0.15) is 12.8 Å². The normalized spacial score (nSPS) is 17.2. The maximum absolute atomic E-state index is 13.2. The predicted molar refractivity (Wildman–Crippen MR) is 128 cm³/mol. The second kappa shape index (κ2) is 9.64. The number of hydrogen-bond acceptors (Lipinski definition) is 10. The monoisotopic (exact) mass is 540 g/mol. The first-order chi connectivity index (χ1) is 17.0. The molecule has 2 heterocycles. The zero-order valence-corrected chi connectivity index (χ0v) is 20.6. The summed E-state index contributed by atoms with van der Waals surface area (Å²) in [6, 6.07) is 4.66. The SMILES string of the molecule is COC(=O)N1CCN(c2cc(S(=O)(=O)NC3(C#N)CC3)cc3c2cnn3C(=N)SC(=N)C(F)F)CC1. The number of halogens is 2. The zero-order valence-electron chi connectivity index (χ0n) is 19.0. The number of anilines is 1. The number of thioether (sulfide) groups is 1. The topological polar surface area (TPSA) is 168 Å². The van der Waals surface area contributed by atoms with Crippen LogP contribution in [0.2, 0.25) is 0 Å². The number of piperazine rings is 1. The summed E-state index contributed by atoms with van der Waals surface area (Å²) in [5.74, 6) is 0. The summed E-state index contributed by atoms with van der Waals surface area (Å²) in [7, 11) is -2.89. The Bertz CT molecular complexity index is 1380. The molecule has 4 rings (SSSR count). The number of rotatable bonds is 5. The second-order valence-corrected chi connectivity index (χ2v) is 11.0. The molecule has 1 saturated heterocycles. The summed E-state index contributed by atoms with van der Waals surface area (Å²) >= 11 is 0.202. The van der Waals surface area contributed by atoms with E-state index in [-0.39, 0.29) is 22.2 Å². The molecule has 1 aromatic heterocycles. The van der Waals surface area contributed by atoms with Gasteiger partial charge in [-0.1, -0.05) is 0 Å². The molecule has 2 fully saturated rings. The molecule has 1 aromatic carbocycles. The highest BCUT2D eigenvalue weighted by Gasteiger charge is 2.47. The number of alkyl halides is 2. The number of hydrogen-bond donors (Lipinski definition) is 3. The summed E-state index contributed by atoms with van der Waals surface area (Å²) in [6.07, 6.45) is -1.41. The van der Waals surface area contributed by atoms with Crippen LogP contribution in [0.25, 0.3) is 10.9 Å². The number of methoxy groups -OCH3 is 1. The Kier molecular flexibility index (Phi) is 6.90. The average Bonchev–Trinajstić information content (AvgIpc) is 3.48. The van der Waals surface area contributed by atoms with Crippen molar-refractivity contribution in [1.82, 2.24) is 19.4 Å². The molecule has 1 amide bonds. The molecule has 2 aromatic rings. The van der Waals surface area contributed by atoms with Gasteiger partial charge >= 0.3 is 6.09 Å². The van der Waals surface area contributed by atoms with Crippen LogP contribution in [0.15, 0.2) is 23.2 Å². The summed E-state index contributed by atoms with van der Waals surface area (Å²) < 4.78 is 60.3. The van der Waals surface area contributed by atoms with Crippen LogP contribution in [-0.2, 0) is 14.8 Å². The summed E-state index contributed by atoms with van der Waals surface area (Å²) in [5, 5.41) is 27.9. The van der Waals surface area contributed by atoms with E-state index in [0.717, 1.165) is 4.68 Å². The number of sulfonamides is 1. The van der Waals surface area contributed by atoms with Crippen molar-refractivity contribution >= 4 is 54.7 Å². The number of nitrogens with one attached hydrogen (secondary N) is 3. The van der Waals surface area contributed by atoms with Gasteiger partial charge in [0.25, 0.3) is 6.43 Å². The first-order valence-corrected chi connectivity index (χ1v) is 13.0. The Labute approximate surface area is 209 Å². The molecule has 3 N–H and O–H groups in total. The van der Waals surface area contributed by atoms with E-state index in [1.807, 2.05) is 11.0 Å². The van der Waals surface area contributed by atoms with Gasteiger partial charge in [0.05, 0.1) is 29.8 Å². The molecule has 192 valence electrons. The van der Waals surface area contributed by atoms with E-state index in [1.165, 1.54) is 30.3 Å². The van der Waals surface area contributed by atoms with E-state index in [1.54, 1.807) is 0 Å². The van der Waals surface area contributed by atoms with Crippen molar-refractivity contribution in [2.24, 2.45) is 0 Å². The van der Waals surface area contributed by atoms with Gasteiger partial charge in [-0.2, -0.15) is 15.1 Å². The summed E-state index contributed by atoms with van der Waals surface area (Å²) in [4.78, 5) is 15.0. The molecule has 1 saturated carbocycles. The van der Waals surface area contributed by atoms with E-state index in [2.05, 4.69) is 9.82 Å². The highest BCUT2D eigenvalue weighted by Crippen LogP contribution is 2.37. The molecule has 12 nitrogen and oxygen atoms in total. The van der Waals surface area contributed by atoms with Crippen LogP contribution in [0.4, 0.5) is 19.3 Å². The quantitative estimate of drug-likeness (QED) is 0.382. The number of nitrogens with zero attached hydrogens (tertiary/aromatic N) is 5. The van der Waals surface area contributed by atoms with E-state index in [4.69, 9.17) is 15.6 Å². The third-order valence-electron chi connectivity index (χ3n) is 5.89. The molecule has 16 heteroatoms. The molecule has 0 radical (unpaired) electrons. The lowest BCUT2D eigenvalue weighted by molar-refractivity contribution is 0.121. The van der Waals surface area contributed by atoms with Gasteiger partial charge in [0.15, 0.2) is 5.17 Å². The van der Waals surface area contributed by atoms with E-state index < -0.39 is 38.3 Å². The van der Waals surface area contributed by atoms with E-state index in [0.29, 0.717) is 50.1 Å². The maximum atomic E-state index is 13.2. The predicted octanol–water partition coefficient (Wildman–Crippen LogP) is 2.02. The lowest BCUT2D eigenvalue weighted by atomic mass is 10.2. The standard InChI is InChI=1S/C20H22F2N8O4S2/c1-34-19(31)29-6-4-28(5-7-29)14-8-12(36(32,33)27-20(11-23)2-3-20)9-15-13(14)10-26-30(15)18(25)35-17(24)16(21)22/h8-10,16,24-25,27H,2-7H2,1H3. The fourth-order valence-electron chi connectivity index (χ4n) is 3.79. The van der Waals surface area contributed by atoms with Gasteiger partial charge in [0.1, 0.15) is 10.6 Å². The molecule has 0 spiro atoms. The van der Waals surface area contributed by atoms with Gasteiger partial charge in [0, 0.05) is 37.3 Å². The van der Waals surface area contributed by atoms with Crippen molar-refractivity contribution in [2.45, 2.75) is 29.7 Å². The molecular weight excluding hydrogens is 518 g/mol. The second-order valence-electron chi connectivity index (χ2n) is 8.25. The van der Waals surface area contributed by atoms with Crippen LogP contribution >= 0.6 is 11.8 Å². The van der Waals surface area contributed by atoms with Crippen molar-refractivity contribution in [3.63, 3.8) is 0 Å². The Balaban J connectivity index is 1.76. The van der Waals surface area contributed by atoms with Gasteiger partial charge in [-0.3, -0.25) is 10.8 Å². The molecule has 1 aliphatic heterocycles. The smallest absolute Gasteiger partial charge is 0.409 e. The van der Waals surface area contributed by atoms with Crippen LogP contribution in [-0.4, -0.2) is 84.7 Å². The number of aromatic nitrogens is 2. The summed E-state index contributed by atoms with van der Waals surface area (Å²) in [5.41, 5.74) is -0.563. The molecular formula is C20H22F2N8O4S2. The largest absolute Gasteiger partial charge is 0.453 e. The fraction of sp³-hybridized carbons (Fsp3) is 0.450. The highest BCUT2D eigenvalue weighted by atomic mass is 32.2. The molecule has 1 aliphatic carbocycles. The van der Waals surface area contributed by atoms with Crippen molar-refractivity contribution in [3.8, 4) is 6.07 Å². The lowest BCUT2D eigenvalue weighted by Crippen LogP contribution is -2.48. The van der Waals surface area contributed by atoms with Crippen LogP contribution in [0.5, 0.6) is 0 Å². The van der Waals surface area contributed by atoms with Gasteiger partial charge in [0.2, 0.25) is 10.0 Å². The molecule has 36 heavy (non-hydrogen) atoms. The minimum Gasteiger partial charge on any atom is -0.453 e. The summed E-state index contributed by atoms with van der Waals surface area (Å²) in [6.45, 7) is 1.31. The Morgan fingerprint density at radius 2 is 1.94 bits per heavy atom. The number of amides is 1. The average molecular weight is 541 g/mol. The van der Waals surface area contributed by atoms with Gasteiger partial charge < -0.3 is 14.5 Å². The Hall–Kier alpha value is -3.29. The van der Waals surface area contributed by atoms with Gasteiger partial charge in [-0.15, -0.1) is 0 Å². The minimum absolute atomic E-state index is 0.157. The fourth-order valence-corrected chi connectivity index (χ4v) is 5.74. The van der Waals surface area contributed by atoms with Crippen LogP contribution < -0.4 is 9.62 Å². The Morgan fingerprint density at radius 3 is 2.50 bits per heavy atom. The van der Waals surface area contributed by atoms with E-state index in [9.17, 15) is 27.3 Å². The third-order valence-corrected chi connectivity index (χ3v) is 8.17. The molecule has 0 unspecified atom stereocenters. The number of carbonyl (C=O) groups is 1. The molecule has 0 atom stereocenters. The highest BCUT2D eigenvalue weighted by molar-refractivity contribution is 8.26. The molecule has 2 aliphatic rings. The number of nitriles is 1. The number of ether oxygens (including phenoxy) is 1. The van der Waals surface area contributed by atoms with Crippen molar-refractivity contribution in [2.75, 3.05) is 38.2 Å². The zero-order chi connectivity index (χ0) is 26.3. The minimum atomic E-state index is -4.17. The first-order valence-electron chi connectivity index (χ1n) is 10.7. The van der Waals surface area contributed by atoms with Crippen molar-refractivity contribution in [1.29, 1.82) is 16.1 Å². The third kappa shape index (κ3) is 4.99. The maximum Gasteiger partial charge on any atom is 0.409 e. The lowest BCUT2D eigenvalue weighted by Gasteiger charge is -2.35. The first kappa shape index (κ1) is 25.8. The molecule has 0 bridgehead atoms. The van der Waals surface area contributed by atoms with Crippen molar-refractivity contribution < 1.29 is 26.7 Å².